The molecule has 1 N–H and O–H groups in total. The SMILES string of the molecule is CCSc1nc(N2CCc3cc(F)ccc3C2)nc(C)c1NC(=O)CC(C)(C)C. The minimum atomic E-state index is -0.193. The van der Waals surface area contributed by atoms with Crippen molar-refractivity contribution in [3.63, 3.8) is 0 Å². The summed E-state index contributed by atoms with van der Waals surface area (Å²) in [6.45, 7) is 11.5. The van der Waals surface area contributed by atoms with Gasteiger partial charge in [-0.2, -0.15) is 0 Å². The number of aryl methyl sites for hydroxylation is 1. The van der Waals surface area contributed by atoms with E-state index < -0.39 is 0 Å². The van der Waals surface area contributed by atoms with Crippen LogP contribution in [0, 0.1) is 18.2 Å². The van der Waals surface area contributed by atoms with Crippen LogP contribution in [0.15, 0.2) is 23.2 Å². The van der Waals surface area contributed by atoms with Crippen molar-refractivity contribution in [1.29, 1.82) is 0 Å². The number of halogens is 1. The first-order chi connectivity index (χ1) is 13.7. The second-order valence-corrected chi connectivity index (χ2v) is 9.85. The normalized spacial score (nSPS) is 13.9. The standard InChI is InChI=1S/C22H29FN4OS/c1-6-29-20-19(25-18(28)12-22(3,4)5)14(2)24-21(26-20)27-10-9-15-11-17(23)8-7-16(15)13-27/h7-8,11H,6,9-10,12-13H2,1-5H3,(H,25,28). The van der Waals surface area contributed by atoms with Crippen molar-refractivity contribution >= 4 is 29.3 Å². The van der Waals surface area contributed by atoms with Gasteiger partial charge in [0.15, 0.2) is 0 Å². The molecule has 0 unspecified atom stereocenters. The summed E-state index contributed by atoms with van der Waals surface area (Å²) in [4.78, 5) is 24.1. The molecule has 0 bridgehead atoms. The number of hydrogen-bond donors (Lipinski definition) is 1. The molecule has 1 aromatic carbocycles. The fraction of sp³-hybridized carbons (Fsp3) is 0.500. The highest BCUT2D eigenvalue weighted by Gasteiger charge is 2.23. The van der Waals surface area contributed by atoms with Crippen LogP contribution in [0.25, 0.3) is 0 Å². The number of fused-ring (bicyclic) bond motifs is 1. The van der Waals surface area contributed by atoms with Crippen LogP contribution < -0.4 is 10.2 Å². The summed E-state index contributed by atoms with van der Waals surface area (Å²) in [7, 11) is 0. The summed E-state index contributed by atoms with van der Waals surface area (Å²) in [5.74, 6) is 1.28. The third-order valence-electron chi connectivity index (χ3n) is 4.74. The van der Waals surface area contributed by atoms with Gasteiger partial charge in [-0.05, 0) is 47.8 Å². The maximum atomic E-state index is 13.5. The Morgan fingerprint density at radius 3 is 2.72 bits per heavy atom. The largest absolute Gasteiger partial charge is 0.336 e. The van der Waals surface area contributed by atoms with Gasteiger partial charge in [0.1, 0.15) is 10.8 Å². The average Bonchev–Trinajstić information content (AvgIpc) is 2.62. The molecule has 0 saturated heterocycles. The molecule has 3 rings (SSSR count). The predicted octanol–water partition coefficient (Wildman–Crippen LogP) is 4.97. The number of amides is 1. The maximum Gasteiger partial charge on any atom is 0.227 e. The van der Waals surface area contributed by atoms with E-state index >= 15 is 0 Å². The minimum Gasteiger partial charge on any atom is -0.336 e. The van der Waals surface area contributed by atoms with Crippen LogP contribution >= 0.6 is 11.8 Å². The first-order valence-corrected chi connectivity index (χ1v) is 11.0. The summed E-state index contributed by atoms with van der Waals surface area (Å²) < 4.78 is 13.5. The first kappa shape index (κ1) is 21.6. The second kappa shape index (κ2) is 8.69. The number of carbonyl (C=O) groups excluding carboxylic acids is 1. The van der Waals surface area contributed by atoms with Gasteiger partial charge in [-0.3, -0.25) is 4.79 Å². The lowest BCUT2D eigenvalue weighted by Gasteiger charge is -2.29. The van der Waals surface area contributed by atoms with Gasteiger partial charge < -0.3 is 10.2 Å². The number of hydrogen-bond acceptors (Lipinski definition) is 5. The average molecular weight is 417 g/mol. The van der Waals surface area contributed by atoms with E-state index in [1.807, 2.05) is 33.8 Å². The summed E-state index contributed by atoms with van der Waals surface area (Å²) in [6.07, 6.45) is 1.19. The molecule has 2 heterocycles. The molecule has 0 radical (unpaired) electrons. The van der Waals surface area contributed by atoms with E-state index in [2.05, 4.69) is 17.1 Å². The zero-order valence-corrected chi connectivity index (χ0v) is 18.6. The second-order valence-electron chi connectivity index (χ2n) is 8.59. The predicted molar refractivity (Wildman–Crippen MR) is 117 cm³/mol. The van der Waals surface area contributed by atoms with Crippen molar-refractivity contribution in [2.75, 3.05) is 22.5 Å². The number of thioether (sulfide) groups is 1. The molecule has 29 heavy (non-hydrogen) atoms. The Labute approximate surface area is 176 Å². The topological polar surface area (TPSA) is 58.1 Å². The quantitative estimate of drug-likeness (QED) is 0.551. The Morgan fingerprint density at radius 2 is 2.03 bits per heavy atom. The summed E-state index contributed by atoms with van der Waals surface area (Å²) in [5.41, 5.74) is 3.53. The number of rotatable bonds is 5. The van der Waals surface area contributed by atoms with Crippen LogP contribution in [0.5, 0.6) is 0 Å². The minimum absolute atomic E-state index is 0.0242. The molecule has 1 aliphatic heterocycles. The zero-order valence-electron chi connectivity index (χ0n) is 17.8. The summed E-state index contributed by atoms with van der Waals surface area (Å²) in [5, 5.41) is 3.82. The Kier molecular flexibility index (Phi) is 6.46. The molecule has 7 heteroatoms. The van der Waals surface area contributed by atoms with Gasteiger partial charge in [0, 0.05) is 19.5 Å². The van der Waals surface area contributed by atoms with Crippen molar-refractivity contribution in [3.8, 4) is 0 Å². The lowest BCUT2D eigenvalue weighted by Crippen LogP contribution is -2.32. The molecule has 1 aliphatic rings. The highest BCUT2D eigenvalue weighted by Crippen LogP contribution is 2.32. The molecule has 1 aromatic heterocycles. The molecular formula is C22H29FN4OS. The number of anilines is 2. The molecule has 0 spiro atoms. The summed E-state index contributed by atoms with van der Waals surface area (Å²) in [6, 6.07) is 4.96. The third-order valence-corrected chi connectivity index (χ3v) is 5.60. The van der Waals surface area contributed by atoms with Crippen molar-refractivity contribution in [3.05, 3.63) is 40.8 Å². The summed E-state index contributed by atoms with van der Waals surface area (Å²) >= 11 is 1.60. The molecule has 0 atom stereocenters. The van der Waals surface area contributed by atoms with Crippen LogP contribution in [0.4, 0.5) is 16.0 Å². The van der Waals surface area contributed by atoms with Gasteiger partial charge in [-0.15, -0.1) is 11.8 Å². The fourth-order valence-electron chi connectivity index (χ4n) is 3.42. The van der Waals surface area contributed by atoms with Gasteiger partial charge in [0.2, 0.25) is 11.9 Å². The van der Waals surface area contributed by atoms with Crippen LogP contribution in [-0.2, 0) is 17.8 Å². The number of aromatic nitrogens is 2. The van der Waals surface area contributed by atoms with Gasteiger partial charge in [0.05, 0.1) is 11.4 Å². The van der Waals surface area contributed by atoms with E-state index in [0.717, 1.165) is 40.6 Å². The van der Waals surface area contributed by atoms with Crippen LogP contribution in [-0.4, -0.2) is 28.2 Å². The molecule has 0 aliphatic carbocycles. The van der Waals surface area contributed by atoms with Crippen molar-refractivity contribution in [2.45, 2.75) is 59.0 Å². The number of nitrogens with zero attached hydrogens (tertiary/aromatic N) is 3. The molecule has 0 fully saturated rings. The van der Waals surface area contributed by atoms with E-state index in [1.54, 1.807) is 17.8 Å². The van der Waals surface area contributed by atoms with E-state index in [4.69, 9.17) is 9.97 Å². The molecular weight excluding hydrogens is 387 g/mol. The van der Waals surface area contributed by atoms with E-state index in [9.17, 15) is 9.18 Å². The van der Waals surface area contributed by atoms with Gasteiger partial charge in [-0.25, -0.2) is 14.4 Å². The number of benzene rings is 1. The smallest absolute Gasteiger partial charge is 0.227 e. The Morgan fingerprint density at radius 1 is 1.28 bits per heavy atom. The lowest BCUT2D eigenvalue weighted by molar-refractivity contribution is -0.117. The van der Waals surface area contributed by atoms with E-state index in [1.165, 1.54) is 6.07 Å². The van der Waals surface area contributed by atoms with Crippen molar-refractivity contribution in [2.24, 2.45) is 5.41 Å². The van der Waals surface area contributed by atoms with E-state index in [0.29, 0.717) is 24.6 Å². The number of carbonyl (C=O) groups is 1. The Bertz CT molecular complexity index is 910. The highest BCUT2D eigenvalue weighted by atomic mass is 32.2. The third kappa shape index (κ3) is 5.47. The molecule has 156 valence electrons. The monoisotopic (exact) mass is 416 g/mol. The lowest BCUT2D eigenvalue weighted by atomic mass is 9.92. The van der Waals surface area contributed by atoms with Gasteiger partial charge in [0.25, 0.3) is 0 Å². The fourth-order valence-corrected chi connectivity index (χ4v) is 4.18. The highest BCUT2D eigenvalue weighted by molar-refractivity contribution is 7.99. The van der Waals surface area contributed by atoms with E-state index in [-0.39, 0.29) is 17.1 Å². The Balaban J connectivity index is 1.86. The maximum absolute atomic E-state index is 13.5. The molecule has 5 nitrogen and oxygen atoms in total. The van der Waals surface area contributed by atoms with Crippen molar-refractivity contribution in [1.82, 2.24) is 9.97 Å². The van der Waals surface area contributed by atoms with Crippen LogP contribution in [0.1, 0.15) is 50.9 Å². The van der Waals surface area contributed by atoms with Crippen LogP contribution in [0.2, 0.25) is 0 Å². The van der Waals surface area contributed by atoms with Gasteiger partial charge >= 0.3 is 0 Å². The van der Waals surface area contributed by atoms with Crippen LogP contribution in [0.3, 0.4) is 0 Å². The molecule has 0 saturated carbocycles. The van der Waals surface area contributed by atoms with Crippen molar-refractivity contribution < 1.29 is 9.18 Å². The zero-order chi connectivity index (χ0) is 21.2. The molecule has 1 amide bonds. The first-order valence-electron chi connectivity index (χ1n) is 10.00. The Hall–Kier alpha value is -2.15. The molecule has 2 aromatic rings. The van der Waals surface area contributed by atoms with Gasteiger partial charge in [-0.1, -0.05) is 33.8 Å². The number of nitrogens with one attached hydrogen (secondary N) is 1.